The second kappa shape index (κ2) is 8.52. The van der Waals surface area contributed by atoms with Crippen LogP contribution in [0.15, 0.2) is 80.4 Å². The third kappa shape index (κ3) is 3.74. The lowest BCUT2D eigenvalue weighted by Crippen LogP contribution is -2.29. The highest BCUT2D eigenvalue weighted by atomic mass is 79.9. The van der Waals surface area contributed by atoms with Gasteiger partial charge in [-0.2, -0.15) is 0 Å². The molecular weight excluding hydrogens is 482 g/mol. The van der Waals surface area contributed by atoms with Gasteiger partial charge in [-0.3, -0.25) is 14.5 Å². The zero-order valence-electron chi connectivity index (χ0n) is 18.3. The van der Waals surface area contributed by atoms with Gasteiger partial charge in [-0.05, 0) is 67.4 Å². The van der Waals surface area contributed by atoms with E-state index in [-0.39, 0.29) is 17.1 Å². The molecule has 0 radical (unpaired) electrons. The molecule has 0 bridgehead atoms. The first-order valence-corrected chi connectivity index (χ1v) is 11.7. The van der Waals surface area contributed by atoms with Crippen molar-refractivity contribution >= 4 is 38.5 Å². The highest BCUT2D eigenvalue weighted by Gasteiger charge is 2.43. The van der Waals surface area contributed by atoms with Gasteiger partial charge in [0.05, 0.1) is 23.6 Å². The van der Waals surface area contributed by atoms with E-state index < -0.39 is 6.04 Å². The summed E-state index contributed by atoms with van der Waals surface area (Å²) >= 11 is 3.45. The standard InChI is InChI=1S/C27H22BrNO4/c1-3-14-32-20-11-5-17(6-12-20)24-23-25(30)21-15-16(2)4-13-22(21)33-26(23)27(31)29(24)19-9-7-18(28)8-10-19/h4-13,15,24H,3,14H2,1-2H3. The summed E-state index contributed by atoms with van der Waals surface area (Å²) in [6, 6.07) is 19.9. The van der Waals surface area contributed by atoms with Crippen LogP contribution in [0.4, 0.5) is 5.69 Å². The summed E-state index contributed by atoms with van der Waals surface area (Å²) in [7, 11) is 0. The fourth-order valence-electron chi connectivity index (χ4n) is 4.24. The topological polar surface area (TPSA) is 59.8 Å². The summed E-state index contributed by atoms with van der Waals surface area (Å²) in [5.74, 6) is 0.514. The van der Waals surface area contributed by atoms with Crippen LogP contribution in [0.1, 0.15) is 46.6 Å². The van der Waals surface area contributed by atoms with Crippen molar-refractivity contribution in [2.45, 2.75) is 26.3 Å². The quantitative estimate of drug-likeness (QED) is 0.316. The smallest absolute Gasteiger partial charge is 0.295 e. The molecule has 33 heavy (non-hydrogen) atoms. The van der Waals surface area contributed by atoms with Crippen molar-refractivity contribution in [1.82, 2.24) is 0 Å². The number of carbonyl (C=O) groups is 1. The van der Waals surface area contributed by atoms with Crippen LogP contribution >= 0.6 is 15.9 Å². The van der Waals surface area contributed by atoms with Crippen molar-refractivity contribution in [3.05, 3.63) is 104 Å². The third-order valence-electron chi connectivity index (χ3n) is 5.80. The summed E-state index contributed by atoms with van der Waals surface area (Å²) < 4.78 is 12.7. The fourth-order valence-corrected chi connectivity index (χ4v) is 4.50. The molecule has 0 aliphatic carbocycles. The zero-order chi connectivity index (χ0) is 23.1. The van der Waals surface area contributed by atoms with Crippen molar-refractivity contribution < 1.29 is 13.9 Å². The molecule has 6 heteroatoms. The first-order valence-electron chi connectivity index (χ1n) is 10.9. The van der Waals surface area contributed by atoms with Crippen LogP contribution in [0.3, 0.4) is 0 Å². The van der Waals surface area contributed by atoms with Gasteiger partial charge in [-0.1, -0.05) is 46.6 Å². The molecule has 0 saturated heterocycles. The van der Waals surface area contributed by atoms with Gasteiger partial charge in [0.25, 0.3) is 5.91 Å². The molecular formula is C27H22BrNO4. The van der Waals surface area contributed by atoms with Crippen molar-refractivity contribution in [2.75, 3.05) is 11.5 Å². The van der Waals surface area contributed by atoms with E-state index >= 15 is 0 Å². The van der Waals surface area contributed by atoms with Crippen molar-refractivity contribution in [2.24, 2.45) is 0 Å². The van der Waals surface area contributed by atoms with Crippen LogP contribution in [0.5, 0.6) is 5.75 Å². The minimum absolute atomic E-state index is 0.0931. The summed E-state index contributed by atoms with van der Waals surface area (Å²) in [5, 5.41) is 0.479. The Hall–Kier alpha value is -3.38. The van der Waals surface area contributed by atoms with E-state index in [4.69, 9.17) is 9.15 Å². The molecule has 0 N–H and O–H groups in total. The number of fused-ring (bicyclic) bond motifs is 2. The lowest BCUT2D eigenvalue weighted by Gasteiger charge is -2.25. The normalized spacial score (nSPS) is 15.2. The third-order valence-corrected chi connectivity index (χ3v) is 6.33. The van der Waals surface area contributed by atoms with Crippen molar-refractivity contribution in [3.8, 4) is 5.75 Å². The molecule has 166 valence electrons. The Morgan fingerprint density at radius 3 is 2.42 bits per heavy atom. The number of rotatable bonds is 5. The first-order chi connectivity index (χ1) is 16.0. The number of aryl methyl sites for hydroxylation is 1. The maximum absolute atomic E-state index is 13.7. The number of nitrogens with zero attached hydrogens (tertiary/aromatic N) is 1. The second-order valence-corrected chi connectivity index (χ2v) is 9.06. The minimum Gasteiger partial charge on any atom is -0.494 e. The van der Waals surface area contributed by atoms with E-state index in [0.717, 1.165) is 27.8 Å². The molecule has 5 nitrogen and oxygen atoms in total. The molecule has 1 aliphatic rings. The monoisotopic (exact) mass is 503 g/mol. The Balaban J connectivity index is 1.72. The summed E-state index contributed by atoms with van der Waals surface area (Å²) in [6.45, 7) is 4.61. The van der Waals surface area contributed by atoms with Crippen LogP contribution < -0.4 is 15.1 Å². The van der Waals surface area contributed by atoms with E-state index in [9.17, 15) is 9.59 Å². The van der Waals surface area contributed by atoms with Gasteiger partial charge in [0.15, 0.2) is 5.43 Å². The summed E-state index contributed by atoms with van der Waals surface area (Å²) in [4.78, 5) is 28.9. The Morgan fingerprint density at radius 2 is 1.73 bits per heavy atom. The highest BCUT2D eigenvalue weighted by molar-refractivity contribution is 9.10. The molecule has 1 aromatic heterocycles. The van der Waals surface area contributed by atoms with E-state index in [0.29, 0.717) is 28.8 Å². The number of halogens is 1. The zero-order valence-corrected chi connectivity index (χ0v) is 19.9. The number of hydrogen-bond donors (Lipinski definition) is 0. The number of amides is 1. The maximum Gasteiger partial charge on any atom is 0.295 e. The van der Waals surface area contributed by atoms with Crippen LogP contribution in [0.25, 0.3) is 11.0 Å². The first kappa shape index (κ1) is 21.5. The average Bonchev–Trinajstić information content (AvgIpc) is 3.11. The van der Waals surface area contributed by atoms with Crippen LogP contribution in [-0.2, 0) is 0 Å². The molecule has 1 aliphatic heterocycles. The van der Waals surface area contributed by atoms with Gasteiger partial charge in [-0.15, -0.1) is 0 Å². The Morgan fingerprint density at radius 1 is 1.00 bits per heavy atom. The minimum atomic E-state index is -0.602. The number of ether oxygens (including phenoxy) is 1. The summed E-state index contributed by atoms with van der Waals surface area (Å²) in [5.41, 5.74) is 3.05. The van der Waals surface area contributed by atoms with E-state index in [2.05, 4.69) is 22.9 Å². The molecule has 1 atom stereocenters. The number of benzene rings is 3. The predicted molar refractivity (Wildman–Crippen MR) is 132 cm³/mol. The lowest BCUT2D eigenvalue weighted by atomic mass is 9.98. The van der Waals surface area contributed by atoms with Crippen molar-refractivity contribution in [1.29, 1.82) is 0 Å². The SMILES string of the molecule is CCCOc1ccc(C2c3c(oc4ccc(C)cc4c3=O)C(=O)N2c2ccc(Br)cc2)cc1. The van der Waals surface area contributed by atoms with Crippen LogP contribution in [0.2, 0.25) is 0 Å². The van der Waals surface area contributed by atoms with Crippen molar-refractivity contribution in [3.63, 3.8) is 0 Å². The number of hydrogen-bond acceptors (Lipinski definition) is 4. The largest absolute Gasteiger partial charge is 0.494 e. The molecule has 0 fully saturated rings. The Kier molecular flexibility index (Phi) is 5.54. The van der Waals surface area contributed by atoms with E-state index in [1.807, 2.05) is 67.6 Å². The summed E-state index contributed by atoms with van der Waals surface area (Å²) in [6.07, 6.45) is 0.914. The number of anilines is 1. The van der Waals surface area contributed by atoms with Gasteiger partial charge in [0.2, 0.25) is 5.76 Å². The molecule has 1 unspecified atom stereocenters. The molecule has 0 spiro atoms. The van der Waals surface area contributed by atoms with Gasteiger partial charge in [0, 0.05) is 10.2 Å². The van der Waals surface area contributed by atoms with Gasteiger partial charge in [0.1, 0.15) is 11.3 Å². The second-order valence-electron chi connectivity index (χ2n) is 8.15. The fraction of sp³-hybridized carbons (Fsp3) is 0.185. The molecule has 5 rings (SSSR count). The van der Waals surface area contributed by atoms with E-state index in [1.54, 1.807) is 11.0 Å². The van der Waals surface area contributed by atoms with Gasteiger partial charge < -0.3 is 9.15 Å². The predicted octanol–water partition coefficient (Wildman–Crippen LogP) is 6.40. The molecule has 2 heterocycles. The van der Waals surface area contributed by atoms with Crippen LogP contribution in [0, 0.1) is 6.92 Å². The lowest BCUT2D eigenvalue weighted by molar-refractivity contribution is 0.0971. The van der Waals surface area contributed by atoms with E-state index in [1.165, 1.54) is 0 Å². The molecule has 4 aromatic rings. The highest BCUT2D eigenvalue weighted by Crippen LogP contribution is 2.41. The molecule has 1 amide bonds. The van der Waals surface area contributed by atoms with Crippen LogP contribution in [-0.4, -0.2) is 12.5 Å². The van der Waals surface area contributed by atoms with Gasteiger partial charge >= 0.3 is 0 Å². The average molecular weight is 504 g/mol. The Bertz CT molecular complexity index is 1410. The molecule has 3 aromatic carbocycles. The van der Waals surface area contributed by atoms with Gasteiger partial charge in [-0.25, -0.2) is 0 Å². The number of carbonyl (C=O) groups excluding carboxylic acids is 1. The maximum atomic E-state index is 13.7. The Labute approximate surface area is 199 Å². The molecule has 0 saturated carbocycles.